The van der Waals surface area contributed by atoms with Crippen molar-refractivity contribution >= 4 is 29.1 Å². The Morgan fingerprint density at radius 2 is 1.81 bits per heavy atom. The molecule has 0 aromatic heterocycles. The molecule has 144 valence electrons. The Kier molecular flexibility index (Phi) is 6.15. The van der Waals surface area contributed by atoms with E-state index >= 15 is 0 Å². The highest BCUT2D eigenvalue weighted by molar-refractivity contribution is 6.42. The third-order valence-corrected chi connectivity index (χ3v) is 6.26. The van der Waals surface area contributed by atoms with Crippen LogP contribution in [0.4, 0.5) is 0 Å². The molecule has 3 nitrogen and oxygen atoms in total. The van der Waals surface area contributed by atoms with Crippen LogP contribution in [0, 0.1) is 5.92 Å². The zero-order valence-electron chi connectivity index (χ0n) is 16.0. The van der Waals surface area contributed by atoms with Crippen molar-refractivity contribution in [2.24, 2.45) is 5.92 Å². The standard InChI is InChI=1S/C22H26Cl2N2O/c1-22(2,18-10-7-11-19(23)20(18)24)25-21(27)17-14-26(3)13-12-16(17)15-8-5-4-6-9-15/h4-11,16-17H,12-14H2,1-3H3,(H,25,27)/t16-,17+/m0/s1. The number of nitrogens with zero attached hydrogens (tertiary/aromatic N) is 1. The van der Waals surface area contributed by atoms with Gasteiger partial charge >= 0.3 is 0 Å². The molecule has 2 aromatic rings. The second-order valence-corrected chi connectivity index (χ2v) is 8.68. The van der Waals surface area contributed by atoms with Gasteiger partial charge in [-0.3, -0.25) is 4.79 Å². The van der Waals surface area contributed by atoms with Crippen molar-refractivity contribution in [1.29, 1.82) is 0 Å². The van der Waals surface area contributed by atoms with Gasteiger partial charge in [0, 0.05) is 6.54 Å². The molecule has 1 aliphatic rings. The number of hydrogen-bond donors (Lipinski definition) is 1. The van der Waals surface area contributed by atoms with E-state index in [0.29, 0.717) is 10.0 Å². The summed E-state index contributed by atoms with van der Waals surface area (Å²) in [6.45, 7) is 5.66. The molecule has 3 rings (SSSR count). The first-order valence-electron chi connectivity index (χ1n) is 9.29. The second kappa shape index (κ2) is 8.22. The fourth-order valence-corrected chi connectivity index (χ4v) is 4.47. The fourth-order valence-electron chi connectivity index (χ4n) is 3.93. The Labute approximate surface area is 171 Å². The zero-order chi connectivity index (χ0) is 19.6. The molecule has 1 fully saturated rings. The molecule has 0 bridgehead atoms. The van der Waals surface area contributed by atoms with E-state index < -0.39 is 5.54 Å². The minimum Gasteiger partial charge on any atom is -0.347 e. The van der Waals surface area contributed by atoms with E-state index in [4.69, 9.17) is 23.2 Å². The first-order valence-corrected chi connectivity index (χ1v) is 10.0. The van der Waals surface area contributed by atoms with Crippen molar-refractivity contribution in [3.8, 4) is 0 Å². The maximum atomic E-state index is 13.3. The number of benzene rings is 2. The van der Waals surface area contributed by atoms with Crippen LogP contribution in [0.3, 0.4) is 0 Å². The lowest BCUT2D eigenvalue weighted by Crippen LogP contribution is -2.50. The average Bonchev–Trinajstić information content (AvgIpc) is 2.64. The van der Waals surface area contributed by atoms with E-state index in [-0.39, 0.29) is 17.7 Å². The highest BCUT2D eigenvalue weighted by Gasteiger charge is 2.37. The third kappa shape index (κ3) is 4.48. The smallest absolute Gasteiger partial charge is 0.225 e. The first kappa shape index (κ1) is 20.2. The van der Waals surface area contributed by atoms with Gasteiger partial charge in [0.25, 0.3) is 0 Å². The van der Waals surface area contributed by atoms with Crippen LogP contribution in [0.2, 0.25) is 10.0 Å². The highest BCUT2D eigenvalue weighted by Crippen LogP contribution is 2.36. The fraction of sp³-hybridized carbons (Fsp3) is 0.409. The molecule has 0 radical (unpaired) electrons. The van der Waals surface area contributed by atoms with Gasteiger partial charge in [0.15, 0.2) is 0 Å². The molecule has 1 N–H and O–H groups in total. The molecule has 2 atom stereocenters. The van der Waals surface area contributed by atoms with Crippen molar-refractivity contribution in [3.05, 3.63) is 69.7 Å². The van der Waals surface area contributed by atoms with Gasteiger partial charge in [-0.25, -0.2) is 0 Å². The summed E-state index contributed by atoms with van der Waals surface area (Å²) in [5.74, 6) is 0.160. The van der Waals surface area contributed by atoms with Crippen molar-refractivity contribution in [1.82, 2.24) is 10.2 Å². The Morgan fingerprint density at radius 1 is 1.11 bits per heavy atom. The van der Waals surface area contributed by atoms with Crippen LogP contribution < -0.4 is 5.32 Å². The van der Waals surface area contributed by atoms with Gasteiger partial charge in [-0.1, -0.05) is 65.7 Å². The summed E-state index contributed by atoms with van der Waals surface area (Å²) in [5, 5.41) is 4.21. The number of piperidine rings is 1. The molecule has 5 heteroatoms. The third-order valence-electron chi connectivity index (χ3n) is 5.44. The van der Waals surface area contributed by atoms with Crippen molar-refractivity contribution < 1.29 is 4.79 Å². The van der Waals surface area contributed by atoms with E-state index in [2.05, 4.69) is 29.4 Å². The molecule has 27 heavy (non-hydrogen) atoms. The van der Waals surface area contributed by atoms with Crippen molar-refractivity contribution in [3.63, 3.8) is 0 Å². The minimum absolute atomic E-state index is 0.0523. The van der Waals surface area contributed by atoms with Gasteiger partial charge in [-0.2, -0.15) is 0 Å². The quantitative estimate of drug-likeness (QED) is 0.770. The minimum atomic E-state index is -0.615. The Morgan fingerprint density at radius 3 is 2.52 bits per heavy atom. The van der Waals surface area contributed by atoms with Crippen LogP contribution in [0.25, 0.3) is 0 Å². The number of rotatable bonds is 4. The van der Waals surface area contributed by atoms with Gasteiger partial charge in [0.2, 0.25) is 5.91 Å². The number of likely N-dealkylation sites (tertiary alicyclic amines) is 1. The molecule has 2 aromatic carbocycles. The number of carbonyl (C=O) groups is 1. The SMILES string of the molecule is CN1CC[C@@H](c2ccccc2)[C@H](C(=O)NC(C)(C)c2cccc(Cl)c2Cl)C1. The summed E-state index contributed by atoms with van der Waals surface area (Å²) in [4.78, 5) is 15.5. The molecule has 0 spiro atoms. The Hall–Kier alpha value is -1.55. The summed E-state index contributed by atoms with van der Waals surface area (Å²) in [6.07, 6.45) is 0.969. The van der Waals surface area contributed by atoms with E-state index in [1.54, 1.807) is 6.07 Å². The molecule has 0 unspecified atom stereocenters. The lowest BCUT2D eigenvalue weighted by molar-refractivity contribution is -0.129. The maximum absolute atomic E-state index is 13.3. The predicted octanol–water partition coefficient (Wildman–Crippen LogP) is 5.08. The largest absolute Gasteiger partial charge is 0.347 e. The summed E-state index contributed by atoms with van der Waals surface area (Å²) in [6, 6.07) is 15.9. The first-order chi connectivity index (χ1) is 12.8. The number of halogens is 2. The van der Waals surface area contributed by atoms with Gasteiger partial charge in [-0.15, -0.1) is 0 Å². The molecule has 1 saturated heterocycles. The lowest BCUT2D eigenvalue weighted by atomic mass is 9.79. The predicted molar refractivity (Wildman–Crippen MR) is 112 cm³/mol. The van der Waals surface area contributed by atoms with E-state index in [0.717, 1.165) is 25.1 Å². The number of amides is 1. The molecule has 0 saturated carbocycles. The van der Waals surface area contributed by atoms with Crippen LogP contribution in [0.15, 0.2) is 48.5 Å². The molecule has 0 aliphatic carbocycles. The Balaban J connectivity index is 1.85. The summed E-state index contributed by atoms with van der Waals surface area (Å²) >= 11 is 12.6. The number of carbonyl (C=O) groups excluding carboxylic acids is 1. The second-order valence-electron chi connectivity index (χ2n) is 7.89. The van der Waals surface area contributed by atoms with Crippen LogP contribution in [-0.4, -0.2) is 30.9 Å². The van der Waals surface area contributed by atoms with Gasteiger partial charge in [0.05, 0.1) is 21.5 Å². The monoisotopic (exact) mass is 404 g/mol. The molecule has 1 amide bonds. The summed E-state index contributed by atoms with van der Waals surface area (Å²) in [7, 11) is 2.07. The van der Waals surface area contributed by atoms with Gasteiger partial charge < -0.3 is 10.2 Å². The van der Waals surface area contributed by atoms with Gasteiger partial charge in [-0.05, 0) is 57.0 Å². The molecular weight excluding hydrogens is 379 g/mol. The van der Waals surface area contributed by atoms with E-state index in [1.807, 2.05) is 44.2 Å². The Bertz CT molecular complexity index is 807. The normalized spacial score (nSPS) is 21.1. The van der Waals surface area contributed by atoms with Crippen LogP contribution in [0.5, 0.6) is 0 Å². The molecule has 1 heterocycles. The number of hydrogen-bond acceptors (Lipinski definition) is 2. The van der Waals surface area contributed by atoms with Gasteiger partial charge in [0.1, 0.15) is 0 Å². The van der Waals surface area contributed by atoms with Crippen LogP contribution >= 0.6 is 23.2 Å². The average molecular weight is 405 g/mol. The summed E-state index contributed by atoms with van der Waals surface area (Å²) in [5.41, 5.74) is 1.44. The highest BCUT2D eigenvalue weighted by atomic mass is 35.5. The zero-order valence-corrected chi connectivity index (χ0v) is 17.5. The van der Waals surface area contributed by atoms with Crippen molar-refractivity contribution in [2.75, 3.05) is 20.1 Å². The van der Waals surface area contributed by atoms with E-state index in [1.165, 1.54) is 5.56 Å². The van der Waals surface area contributed by atoms with Crippen LogP contribution in [-0.2, 0) is 10.3 Å². The number of nitrogens with one attached hydrogen (secondary N) is 1. The van der Waals surface area contributed by atoms with Crippen molar-refractivity contribution in [2.45, 2.75) is 31.7 Å². The lowest BCUT2D eigenvalue weighted by Gasteiger charge is -2.38. The topological polar surface area (TPSA) is 32.3 Å². The van der Waals surface area contributed by atoms with E-state index in [9.17, 15) is 4.79 Å². The molecular formula is C22H26Cl2N2O. The molecule has 1 aliphatic heterocycles. The summed E-state index contributed by atoms with van der Waals surface area (Å²) < 4.78 is 0. The maximum Gasteiger partial charge on any atom is 0.225 e. The van der Waals surface area contributed by atoms with Crippen LogP contribution in [0.1, 0.15) is 37.3 Å².